The molecule has 3 aromatic rings. The van der Waals surface area contributed by atoms with Gasteiger partial charge in [-0.2, -0.15) is 0 Å². The second kappa shape index (κ2) is 5.86. The van der Waals surface area contributed by atoms with E-state index in [1.54, 1.807) is 24.3 Å². The molecule has 1 aliphatic heterocycles. The summed E-state index contributed by atoms with van der Waals surface area (Å²) in [4.78, 5) is 40.8. The number of esters is 1. The minimum atomic E-state index is -0.653. The van der Waals surface area contributed by atoms with Crippen LogP contribution in [0.4, 0.5) is 0 Å². The molecule has 7 heteroatoms. The molecule has 1 N–H and O–H groups in total. The van der Waals surface area contributed by atoms with Crippen molar-refractivity contribution in [3.05, 3.63) is 69.8 Å². The van der Waals surface area contributed by atoms with Crippen molar-refractivity contribution in [1.82, 2.24) is 9.88 Å². The van der Waals surface area contributed by atoms with Crippen molar-refractivity contribution in [1.29, 1.82) is 0 Å². The summed E-state index contributed by atoms with van der Waals surface area (Å²) in [6.45, 7) is -0.438. The summed E-state index contributed by atoms with van der Waals surface area (Å²) >= 11 is 3.37. The van der Waals surface area contributed by atoms with E-state index in [9.17, 15) is 14.4 Å². The third-order valence-electron chi connectivity index (χ3n) is 4.05. The van der Waals surface area contributed by atoms with Crippen LogP contribution in [0.25, 0.3) is 10.9 Å². The van der Waals surface area contributed by atoms with E-state index in [0.29, 0.717) is 15.6 Å². The molecule has 2 amide bonds. The number of benzene rings is 2. The number of H-pyrrole nitrogens is 1. The van der Waals surface area contributed by atoms with Crippen LogP contribution in [-0.2, 0) is 4.74 Å². The summed E-state index contributed by atoms with van der Waals surface area (Å²) in [5.74, 6) is -1.59. The first kappa shape index (κ1) is 15.6. The number of fused-ring (bicyclic) bond motifs is 2. The van der Waals surface area contributed by atoms with Gasteiger partial charge in [0, 0.05) is 10.9 Å². The standard InChI is InChI=1S/C18H11BrN2O4/c19-14-12-7-3-4-8-13(12)20-15(14)18(24)25-9-21-16(22)10-5-1-2-6-11(10)17(21)23/h1-8,20H,9H2. The highest BCUT2D eigenvalue weighted by Crippen LogP contribution is 2.28. The molecule has 0 saturated carbocycles. The first-order valence-corrected chi connectivity index (χ1v) is 8.26. The second-order valence-corrected chi connectivity index (χ2v) is 6.30. The number of ether oxygens (including phenoxy) is 1. The number of hydrogen-bond donors (Lipinski definition) is 1. The van der Waals surface area contributed by atoms with Crippen molar-refractivity contribution in [2.75, 3.05) is 6.73 Å². The Hall–Kier alpha value is -2.93. The number of halogens is 1. The van der Waals surface area contributed by atoms with E-state index in [1.807, 2.05) is 24.3 Å². The SMILES string of the molecule is O=C(OCN1C(=O)c2ccccc2C1=O)c1[nH]c2ccccc2c1Br. The van der Waals surface area contributed by atoms with Crippen molar-refractivity contribution in [3.8, 4) is 0 Å². The van der Waals surface area contributed by atoms with Crippen LogP contribution in [0.1, 0.15) is 31.2 Å². The van der Waals surface area contributed by atoms with Crippen LogP contribution >= 0.6 is 15.9 Å². The summed E-state index contributed by atoms with van der Waals surface area (Å²) in [6, 6.07) is 13.9. The second-order valence-electron chi connectivity index (χ2n) is 5.50. The average molecular weight is 399 g/mol. The van der Waals surface area contributed by atoms with E-state index in [4.69, 9.17) is 4.74 Å². The lowest BCUT2D eigenvalue weighted by atomic mass is 10.1. The Morgan fingerprint density at radius 3 is 2.24 bits per heavy atom. The molecule has 124 valence electrons. The molecule has 0 spiro atoms. The topological polar surface area (TPSA) is 79.5 Å². The van der Waals surface area contributed by atoms with E-state index in [1.165, 1.54) is 0 Å². The van der Waals surface area contributed by atoms with Crippen LogP contribution in [-0.4, -0.2) is 34.4 Å². The molecule has 0 unspecified atom stereocenters. The van der Waals surface area contributed by atoms with Crippen LogP contribution in [0.15, 0.2) is 53.0 Å². The highest BCUT2D eigenvalue weighted by atomic mass is 79.9. The van der Waals surface area contributed by atoms with Crippen molar-refractivity contribution in [2.24, 2.45) is 0 Å². The van der Waals surface area contributed by atoms with Crippen LogP contribution in [0, 0.1) is 0 Å². The summed E-state index contributed by atoms with van der Waals surface area (Å²) < 4.78 is 5.76. The lowest BCUT2D eigenvalue weighted by molar-refractivity contribution is 0.0223. The van der Waals surface area contributed by atoms with Crippen LogP contribution in [0.2, 0.25) is 0 Å². The molecule has 0 fully saturated rings. The first-order chi connectivity index (χ1) is 12.1. The minimum Gasteiger partial charge on any atom is -0.439 e. The lowest BCUT2D eigenvalue weighted by Gasteiger charge is -2.13. The largest absolute Gasteiger partial charge is 0.439 e. The Morgan fingerprint density at radius 2 is 1.60 bits per heavy atom. The molecule has 0 saturated heterocycles. The van der Waals surface area contributed by atoms with Gasteiger partial charge in [0.05, 0.1) is 15.6 Å². The Morgan fingerprint density at radius 1 is 1.00 bits per heavy atom. The van der Waals surface area contributed by atoms with Crippen molar-refractivity contribution in [2.45, 2.75) is 0 Å². The number of amides is 2. The third-order valence-corrected chi connectivity index (χ3v) is 4.87. The molecule has 2 heterocycles. The van der Waals surface area contributed by atoms with Gasteiger partial charge in [-0.3, -0.25) is 9.59 Å². The summed E-state index contributed by atoms with van der Waals surface area (Å²) in [5, 5.41) is 0.843. The van der Waals surface area contributed by atoms with Crippen molar-refractivity contribution < 1.29 is 19.1 Å². The molecule has 0 radical (unpaired) electrons. The zero-order chi connectivity index (χ0) is 17.6. The van der Waals surface area contributed by atoms with E-state index in [2.05, 4.69) is 20.9 Å². The summed E-state index contributed by atoms with van der Waals surface area (Å²) in [5.41, 5.74) is 1.64. The quantitative estimate of drug-likeness (QED) is 0.541. The monoisotopic (exact) mass is 398 g/mol. The molecule has 25 heavy (non-hydrogen) atoms. The van der Waals surface area contributed by atoms with Gasteiger partial charge in [-0.15, -0.1) is 0 Å². The van der Waals surface area contributed by atoms with Gasteiger partial charge in [0.1, 0.15) is 5.69 Å². The fourth-order valence-electron chi connectivity index (χ4n) is 2.80. The number of carbonyl (C=O) groups excluding carboxylic acids is 3. The highest BCUT2D eigenvalue weighted by Gasteiger charge is 2.36. The number of aromatic nitrogens is 1. The first-order valence-electron chi connectivity index (χ1n) is 7.46. The van der Waals surface area contributed by atoms with E-state index < -0.39 is 24.5 Å². The normalized spacial score (nSPS) is 13.4. The maximum Gasteiger partial charge on any atom is 0.357 e. The molecule has 1 aliphatic rings. The third kappa shape index (κ3) is 2.44. The maximum absolute atomic E-state index is 12.3. The van der Waals surface area contributed by atoms with E-state index >= 15 is 0 Å². The number of carbonyl (C=O) groups is 3. The summed E-state index contributed by atoms with van der Waals surface area (Å²) in [6.07, 6.45) is 0. The van der Waals surface area contributed by atoms with Gasteiger partial charge in [-0.1, -0.05) is 30.3 Å². The Kier molecular flexibility index (Phi) is 3.65. The zero-order valence-electron chi connectivity index (χ0n) is 12.8. The maximum atomic E-state index is 12.3. The Balaban J connectivity index is 1.54. The fourth-order valence-corrected chi connectivity index (χ4v) is 3.41. The van der Waals surface area contributed by atoms with Crippen molar-refractivity contribution >= 4 is 44.6 Å². The predicted molar refractivity (Wildman–Crippen MR) is 93.2 cm³/mol. The molecule has 0 bridgehead atoms. The number of imide groups is 1. The molecule has 0 atom stereocenters. The number of nitrogens with one attached hydrogen (secondary N) is 1. The Labute approximate surface area is 150 Å². The number of hydrogen-bond acceptors (Lipinski definition) is 4. The smallest absolute Gasteiger partial charge is 0.357 e. The van der Waals surface area contributed by atoms with Gasteiger partial charge in [-0.05, 0) is 34.1 Å². The average Bonchev–Trinajstić information content (AvgIpc) is 3.09. The highest BCUT2D eigenvalue weighted by molar-refractivity contribution is 9.10. The molecule has 2 aromatic carbocycles. The predicted octanol–water partition coefficient (Wildman–Crippen LogP) is 3.34. The van der Waals surface area contributed by atoms with Gasteiger partial charge in [0.2, 0.25) is 0 Å². The number of para-hydroxylation sites is 1. The fraction of sp³-hybridized carbons (Fsp3) is 0.0556. The van der Waals surface area contributed by atoms with Gasteiger partial charge >= 0.3 is 5.97 Å². The van der Waals surface area contributed by atoms with Crippen LogP contribution < -0.4 is 0 Å². The molecule has 0 aliphatic carbocycles. The van der Waals surface area contributed by atoms with Crippen molar-refractivity contribution in [3.63, 3.8) is 0 Å². The van der Waals surface area contributed by atoms with E-state index in [0.717, 1.165) is 15.8 Å². The van der Waals surface area contributed by atoms with Gasteiger partial charge in [-0.25, -0.2) is 9.69 Å². The van der Waals surface area contributed by atoms with Gasteiger partial charge in [0.25, 0.3) is 11.8 Å². The molecular weight excluding hydrogens is 388 g/mol. The number of nitrogens with zero attached hydrogens (tertiary/aromatic N) is 1. The number of aromatic amines is 1. The van der Waals surface area contributed by atoms with Crippen LogP contribution in [0.5, 0.6) is 0 Å². The summed E-state index contributed by atoms with van der Waals surface area (Å²) in [7, 11) is 0. The van der Waals surface area contributed by atoms with Gasteiger partial charge in [0.15, 0.2) is 6.73 Å². The zero-order valence-corrected chi connectivity index (χ0v) is 14.4. The molecule has 4 rings (SSSR count). The Bertz CT molecular complexity index is 1010. The van der Waals surface area contributed by atoms with Gasteiger partial charge < -0.3 is 9.72 Å². The molecule has 6 nitrogen and oxygen atoms in total. The van der Waals surface area contributed by atoms with Crippen LogP contribution in [0.3, 0.4) is 0 Å². The molecule has 1 aromatic heterocycles. The molecular formula is C18H11BrN2O4. The lowest BCUT2D eigenvalue weighted by Crippen LogP contribution is -2.33. The number of rotatable bonds is 3. The minimum absolute atomic E-state index is 0.234. The van der Waals surface area contributed by atoms with E-state index in [-0.39, 0.29) is 5.69 Å².